The van der Waals surface area contributed by atoms with Gasteiger partial charge in [0.2, 0.25) is 0 Å². The number of benzene rings is 2. The van der Waals surface area contributed by atoms with Crippen LogP contribution in [0.15, 0.2) is 59.6 Å². The summed E-state index contributed by atoms with van der Waals surface area (Å²) in [7, 11) is 0. The fraction of sp³-hybridized carbons (Fsp3) is 0.208. The highest BCUT2D eigenvalue weighted by Crippen LogP contribution is 2.35. The molecule has 3 aromatic rings. The molecule has 0 bridgehead atoms. The third-order valence-corrected chi connectivity index (χ3v) is 6.28. The van der Waals surface area contributed by atoms with Gasteiger partial charge in [-0.05, 0) is 49.8 Å². The van der Waals surface area contributed by atoms with E-state index < -0.39 is 5.82 Å². The summed E-state index contributed by atoms with van der Waals surface area (Å²) >= 11 is 6.59. The fourth-order valence-electron chi connectivity index (χ4n) is 3.32. The van der Waals surface area contributed by atoms with Gasteiger partial charge in [0, 0.05) is 23.9 Å². The van der Waals surface area contributed by atoms with Crippen LogP contribution in [-0.2, 0) is 4.79 Å². The second-order valence-electron chi connectivity index (χ2n) is 7.13. The molecule has 0 spiro atoms. The first-order chi connectivity index (χ1) is 15.5. The first-order valence-electron chi connectivity index (χ1n) is 10.3. The Labute approximate surface area is 195 Å². The summed E-state index contributed by atoms with van der Waals surface area (Å²) in [6.45, 7) is 4.82. The quantitative estimate of drug-likeness (QED) is 0.330. The predicted octanol–water partition coefficient (Wildman–Crippen LogP) is 5.69. The molecule has 1 aliphatic heterocycles. The Morgan fingerprint density at radius 1 is 1.19 bits per heavy atom. The summed E-state index contributed by atoms with van der Waals surface area (Å²) in [6, 6.07) is 14.4. The van der Waals surface area contributed by atoms with Crippen LogP contribution >= 0.6 is 24.0 Å². The molecule has 8 heteroatoms. The van der Waals surface area contributed by atoms with Crippen molar-refractivity contribution in [3.63, 3.8) is 0 Å². The number of amides is 1. The second kappa shape index (κ2) is 9.67. The van der Waals surface area contributed by atoms with E-state index in [0.29, 0.717) is 39.2 Å². The minimum Gasteiger partial charge on any atom is -0.491 e. The molecule has 1 amide bonds. The van der Waals surface area contributed by atoms with Crippen molar-refractivity contribution in [3.8, 4) is 22.7 Å². The summed E-state index contributed by atoms with van der Waals surface area (Å²) in [4.78, 5) is 14.8. The zero-order chi connectivity index (χ0) is 22.7. The maximum Gasteiger partial charge on any atom is 0.266 e. The molecule has 1 saturated heterocycles. The average molecular weight is 468 g/mol. The maximum absolute atomic E-state index is 14.7. The van der Waals surface area contributed by atoms with Crippen molar-refractivity contribution < 1.29 is 13.9 Å². The van der Waals surface area contributed by atoms with Gasteiger partial charge in [-0.3, -0.25) is 9.69 Å². The molecule has 1 aromatic heterocycles. The van der Waals surface area contributed by atoms with E-state index >= 15 is 0 Å². The highest BCUT2D eigenvalue weighted by Gasteiger charge is 2.31. The van der Waals surface area contributed by atoms with Crippen LogP contribution in [0.4, 0.5) is 4.39 Å². The van der Waals surface area contributed by atoms with E-state index in [0.717, 1.165) is 12.1 Å². The molecule has 2 heterocycles. The van der Waals surface area contributed by atoms with Crippen LogP contribution in [0.3, 0.4) is 0 Å². The number of ether oxygens (including phenoxy) is 1. The van der Waals surface area contributed by atoms with Crippen LogP contribution in [0.25, 0.3) is 23.0 Å². The predicted molar refractivity (Wildman–Crippen MR) is 130 cm³/mol. The van der Waals surface area contributed by atoms with Gasteiger partial charge in [0.05, 0.1) is 17.2 Å². The molecular weight excluding hydrogens is 445 g/mol. The Balaban J connectivity index is 1.79. The second-order valence-corrected chi connectivity index (χ2v) is 8.81. The molecule has 164 valence electrons. The van der Waals surface area contributed by atoms with Crippen LogP contribution in [0.2, 0.25) is 0 Å². The largest absolute Gasteiger partial charge is 0.491 e. The Kier molecular flexibility index (Phi) is 6.72. The zero-order valence-electron chi connectivity index (χ0n) is 17.7. The topological polar surface area (TPSA) is 47.4 Å². The molecule has 1 fully saturated rings. The lowest BCUT2D eigenvalue weighted by Gasteiger charge is -2.09. The third-order valence-electron chi connectivity index (χ3n) is 4.91. The number of carbonyl (C=O) groups is 1. The number of rotatable bonds is 7. The van der Waals surface area contributed by atoms with Crippen molar-refractivity contribution in [1.29, 1.82) is 0 Å². The molecule has 0 radical (unpaired) electrons. The lowest BCUT2D eigenvalue weighted by molar-refractivity contribution is -0.121. The number of hydrogen-bond donors (Lipinski definition) is 0. The molecule has 32 heavy (non-hydrogen) atoms. The standard InChI is InChI=1S/C24H22FN3O2S2/c1-3-12-30-20-11-10-16(13-19(20)25)22-17(14-21-23(29)27(4-2)24(31)32-21)15-28(26-22)18-8-6-5-7-9-18/h5-11,13-15H,3-4,12H2,1-2H3/b21-14-. The molecule has 0 unspecified atom stereocenters. The number of thiocarbonyl (C=S) groups is 1. The Morgan fingerprint density at radius 3 is 2.62 bits per heavy atom. The molecule has 0 atom stereocenters. The Hall–Kier alpha value is -2.97. The minimum absolute atomic E-state index is 0.129. The summed E-state index contributed by atoms with van der Waals surface area (Å²) in [5.41, 5.74) is 2.72. The van der Waals surface area contributed by atoms with Gasteiger partial charge in [0.1, 0.15) is 10.0 Å². The van der Waals surface area contributed by atoms with E-state index in [1.54, 1.807) is 27.8 Å². The SMILES string of the molecule is CCCOc1ccc(-c2nn(-c3ccccc3)cc2/C=C2\SC(=S)N(CC)C2=O)cc1F. The van der Waals surface area contributed by atoms with Crippen molar-refractivity contribution in [2.45, 2.75) is 20.3 Å². The number of para-hydroxylation sites is 1. The number of likely N-dealkylation sites (N-methyl/N-ethyl adjacent to an activating group) is 1. The first kappa shape index (κ1) is 22.2. The number of carbonyl (C=O) groups excluding carboxylic acids is 1. The summed E-state index contributed by atoms with van der Waals surface area (Å²) in [5, 5.41) is 4.71. The van der Waals surface area contributed by atoms with Crippen molar-refractivity contribution in [1.82, 2.24) is 14.7 Å². The van der Waals surface area contributed by atoms with Crippen molar-refractivity contribution in [2.75, 3.05) is 13.2 Å². The van der Waals surface area contributed by atoms with Gasteiger partial charge in [0.15, 0.2) is 11.6 Å². The van der Waals surface area contributed by atoms with Gasteiger partial charge in [-0.2, -0.15) is 5.10 Å². The summed E-state index contributed by atoms with van der Waals surface area (Å²) < 4.78 is 22.4. The number of thioether (sulfide) groups is 1. The Bertz CT molecular complexity index is 1190. The third kappa shape index (κ3) is 4.47. The van der Waals surface area contributed by atoms with E-state index in [9.17, 15) is 9.18 Å². The zero-order valence-corrected chi connectivity index (χ0v) is 19.4. The van der Waals surface area contributed by atoms with Crippen LogP contribution in [0, 0.1) is 5.82 Å². The van der Waals surface area contributed by atoms with E-state index in [1.807, 2.05) is 50.4 Å². The minimum atomic E-state index is -0.450. The molecule has 0 saturated carbocycles. The fourth-order valence-corrected chi connectivity index (χ4v) is 4.70. The average Bonchev–Trinajstić information content (AvgIpc) is 3.34. The van der Waals surface area contributed by atoms with Gasteiger partial charge in [-0.15, -0.1) is 0 Å². The highest BCUT2D eigenvalue weighted by atomic mass is 32.2. The molecular formula is C24H22FN3O2S2. The number of aromatic nitrogens is 2. The van der Waals surface area contributed by atoms with E-state index in [4.69, 9.17) is 22.1 Å². The lowest BCUT2D eigenvalue weighted by atomic mass is 10.1. The van der Waals surface area contributed by atoms with Crippen LogP contribution in [0.1, 0.15) is 25.8 Å². The Morgan fingerprint density at radius 2 is 1.97 bits per heavy atom. The van der Waals surface area contributed by atoms with Crippen molar-refractivity contribution in [2.24, 2.45) is 0 Å². The van der Waals surface area contributed by atoms with Gasteiger partial charge in [-0.1, -0.05) is 49.1 Å². The van der Waals surface area contributed by atoms with Gasteiger partial charge in [0.25, 0.3) is 5.91 Å². The normalized spacial score (nSPS) is 15.1. The van der Waals surface area contributed by atoms with Crippen molar-refractivity contribution >= 4 is 40.3 Å². The summed E-state index contributed by atoms with van der Waals surface area (Å²) in [6.07, 6.45) is 4.40. The van der Waals surface area contributed by atoms with Crippen LogP contribution in [-0.4, -0.2) is 38.1 Å². The van der Waals surface area contributed by atoms with Crippen molar-refractivity contribution in [3.05, 3.63) is 71.0 Å². The van der Waals surface area contributed by atoms with Crippen LogP contribution < -0.4 is 4.74 Å². The van der Waals surface area contributed by atoms with E-state index in [-0.39, 0.29) is 11.7 Å². The van der Waals surface area contributed by atoms with E-state index in [2.05, 4.69) is 0 Å². The molecule has 5 nitrogen and oxygen atoms in total. The molecule has 0 aliphatic carbocycles. The monoisotopic (exact) mass is 467 g/mol. The highest BCUT2D eigenvalue weighted by molar-refractivity contribution is 8.26. The van der Waals surface area contributed by atoms with Crippen LogP contribution in [0.5, 0.6) is 5.75 Å². The van der Waals surface area contributed by atoms with E-state index in [1.165, 1.54) is 17.8 Å². The van der Waals surface area contributed by atoms with Gasteiger partial charge >= 0.3 is 0 Å². The first-order valence-corrected chi connectivity index (χ1v) is 11.6. The molecule has 4 rings (SSSR count). The number of halogens is 1. The number of hydrogen-bond acceptors (Lipinski definition) is 5. The lowest BCUT2D eigenvalue weighted by Crippen LogP contribution is -2.27. The van der Waals surface area contributed by atoms with Gasteiger partial charge < -0.3 is 4.74 Å². The summed E-state index contributed by atoms with van der Waals surface area (Å²) in [5.74, 6) is -0.368. The smallest absolute Gasteiger partial charge is 0.266 e. The molecule has 2 aromatic carbocycles. The maximum atomic E-state index is 14.7. The number of nitrogens with zero attached hydrogens (tertiary/aromatic N) is 3. The van der Waals surface area contributed by atoms with Gasteiger partial charge in [-0.25, -0.2) is 9.07 Å². The molecule has 0 N–H and O–H groups in total. The molecule has 1 aliphatic rings.